The first-order valence-electron chi connectivity index (χ1n) is 7.65. The molecule has 1 fully saturated rings. The standard InChI is InChI=1S/C16H20FN5O/c1-21(2)14-9-15(20-11-19-14)22-8-4-5-12(10-22)23-16-13(17)6-3-7-18-16/h3,6-7,9,11-12H,4-5,8,10H2,1-2H3. The molecule has 0 N–H and O–H groups in total. The molecule has 7 heteroatoms. The summed E-state index contributed by atoms with van der Waals surface area (Å²) >= 11 is 0. The highest BCUT2D eigenvalue weighted by Crippen LogP contribution is 2.23. The normalized spacial score (nSPS) is 17.9. The van der Waals surface area contributed by atoms with Gasteiger partial charge in [-0.25, -0.2) is 19.3 Å². The van der Waals surface area contributed by atoms with E-state index in [0.717, 1.165) is 31.0 Å². The Kier molecular flexibility index (Phi) is 4.55. The zero-order valence-corrected chi connectivity index (χ0v) is 13.3. The van der Waals surface area contributed by atoms with Crippen molar-refractivity contribution in [2.75, 3.05) is 37.0 Å². The van der Waals surface area contributed by atoms with Crippen LogP contribution in [0.5, 0.6) is 5.88 Å². The highest BCUT2D eigenvalue weighted by molar-refractivity contribution is 5.49. The molecule has 1 atom stereocenters. The van der Waals surface area contributed by atoms with Gasteiger partial charge in [-0.1, -0.05) is 0 Å². The van der Waals surface area contributed by atoms with E-state index in [9.17, 15) is 4.39 Å². The number of rotatable bonds is 4. The minimum absolute atomic E-state index is 0.0658. The number of anilines is 2. The number of nitrogens with zero attached hydrogens (tertiary/aromatic N) is 5. The van der Waals surface area contributed by atoms with Gasteiger partial charge in [0.15, 0.2) is 5.82 Å². The minimum Gasteiger partial charge on any atom is -0.470 e. The van der Waals surface area contributed by atoms with Crippen LogP contribution in [-0.2, 0) is 0 Å². The van der Waals surface area contributed by atoms with Gasteiger partial charge in [0.05, 0.1) is 6.54 Å². The van der Waals surface area contributed by atoms with E-state index in [-0.39, 0.29) is 12.0 Å². The first-order valence-corrected chi connectivity index (χ1v) is 7.65. The maximum Gasteiger partial charge on any atom is 0.250 e. The largest absolute Gasteiger partial charge is 0.470 e. The average Bonchev–Trinajstić information content (AvgIpc) is 2.57. The second-order valence-corrected chi connectivity index (χ2v) is 5.75. The first kappa shape index (κ1) is 15.5. The van der Waals surface area contributed by atoms with Crippen molar-refractivity contribution in [3.8, 4) is 5.88 Å². The maximum atomic E-state index is 13.7. The number of piperidine rings is 1. The third-order valence-corrected chi connectivity index (χ3v) is 3.80. The van der Waals surface area contributed by atoms with E-state index in [4.69, 9.17) is 4.74 Å². The highest BCUT2D eigenvalue weighted by atomic mass is 19.1. The van der Waals surface area contributed by atoms with Crippen LogP contribution >= 0.6 is 0 Å². The minimum atomic E-state index is -0.429. The monoisotopic (exact) mass is 317 g/mol. The lowest BCUT2D eigenvalue weighted by Gasteiger charge is -2.33. The Bertz CT molecular complexity index is 666. The topological polar surface area (TPSA) is 54.4 Å². The van der Waals surface area contributed by atoms with E-state index in [0.29, 0.717) is 6.54 Å². The molecule has 0 radical (unpaired) electrons. The van der Waals surface area contributed by atoms with Crippen LogP contribution in [0.25, 0.3) is 0 Å². The van der Waals surface area contributed by atoms with Crippen molar-refractivity contribution in [1.29, 1.82) is 0 Å². The number of pyridine rings is 1. The fraction of sp³-hybridized carbons (Fsp3) is 0.438. The molecule has 0 amide bonds. The van der Waals surface area contributed by atoms with Crippen LogP contribution in [0.2, 0.25) is 0 Å². The van der Waals surface area contributed by atoms with E-state index < -0.39 is 5.82 Å². The van der Waals surface area contributed by atoms with Crippen molar-refractivity contribution in [3.63, 3.8) is 0 Å². The third kappa shape index (κ3) is 3.67. The highest BCUT2D eigenvalue weighted by Gasteiger charge is 2.24. The van der Waals surface area contributed by atoms with Gasteiger partial charge < -0.3 is 14.5 Å². The van der Waals surface area contributed by atoms with Crippen molar-refractivity contribution in [1.82, 2.24) is 15.0 Å². The van der Waals surface area contributed by atoms with Crippen LogP contribution in [0.4, 0.5) is 16.0 Å². The molecule has 3 heterocycles. The lowest BCUT2D eigenvalue weighted by atomic mass is 10.1. The van der Waals surface area contributed by atoms with Gasteiger partial charge >= 0.3 is 0 Å². The van der Waals surface area contributed by atoms with Crippen molar-refractivity contribution in [2.24, 2.45) is 0 Å². The van der Waals surface area contributed by atoms with Crippen LogP contribution in [0.1, 0.15) is 12.8 Å². The van der Waals surface area contributed by atoms with Gasteiger partial charge in [0.2, 0.25) is 0 Å². The predicted octanol–water partition coefficient (Wildman–Crippen LogP) is 2.12. The second-order valence-electron chi connectivity index (χ2n) is 5.75. The van der Waals surface area contributed by atoms with Gasteiger partial charge in [-0.2, -0.15) is 0 Å². The quantitative estimate of drug-likeness (QED) is 0.861. The lowest BCUT2D eigenvalue weighted by Crippen LogP contribution is -2.41. The molecule has 1 saturated heterocycles. The first-order chi connectivity index (χ1) is 11.1. The summed E-state index contributed by atoms with van der Waals surface area (Å²) in [6.45, 7) is 1.55. The van der Waals surface area contributed by atoms with E-state index in [2.05, 4.69) is 19.9 Å². The summed E-state index contributed by atoms with van der Waals surface area (Å²) in [5, 5.41) is 0. The smallest absolute Gasteiger partial charge is 0.250 e. The zero-order chi connectivity index (χ0) is 16.2. The number of ether oxygens (including phenoxy) is 1. The van der Waals surface area contributed by atoms with Gasteiger partial charge in [0, 0.05) is 32.9 Å². The van der Waals surface area contributed by atoms with Gasteiger partial charge in [0.25, 0.3) is 5.88 Å². The van der Waals surface area contributed by atoms with E-state index >= 15 is 0 Å². The van der Waals surface area contributed by atoms with Crippen molar-refractivity contribution in [3.05, 3.63) is 36.5 Å². The molecular formula is C16H20FN5O. The summed E-state index contributed by atoms with van der Waals surface area (Å²) < 4.78 is 19.4. The Hall–Kier alpha value is -2.44. The number of aromatic nitrogens is 3. The molecule has 0 bridgehead atoms. The number of hydrogen-bond donors (Lipinski definition) is 0. The van der Waals surface area contributed by atoms with Gasteiger partial charge in [-0.3, -0.25) is 0 Å². The Morgan fingerprint density at radius 3 is 2.96 bits per heavy atom. The van der Waals surface area contributed by atoms with Crippen molar-refractivity contribution >= 4 is 11.6 Å². The maximum absolute atomic E-state index is 13.7. The molecule has 1 unspecified atom stereocenters. The molecule has 3 rings (SSSR count). The fourth-order valence-corrected chi connectivity index (χ4v) is 2.61. The molecule has 1 aliphatic rings. The fourth-order valence-electron chi connectivity index (χ4n) is 2.61. The van der Waals surface area contributed by atoms with Crippen LogP contribution < -0.4 is 14.5 Å². The molecule has 122 valence electrons. The Morgan fingerprint density at radius 1 is 1.30 bits per heavy atom. The predicted molar refractivity (Wildman–Crippen MR) is 86.4 cm³/mol. The molecule has 6 nitrogen and oxygen atoms in total. The SMILES string of the molecule is CN(C)c1cc(N2CCCC(Oc3ncccc3F)C2)ncn1. The van der Waals surface area contributed by atoms with Crippen LogP contribution in [-0.4, -0.2) is 48.2 Å². The van der Waals surface area contributed by atoms with Crippen molar-refractivity contribution < 1.29 is 9.13 Å². The second kappa shape index (κ2) is 6.76. The number of halogens is 1. The molecule has 23 heavy (non-hydrogen) atoms. The van der Waals surface area contributed by atoms with Gasteiger partial charge in [0.1, 0.15) is 24.1 Å². The molecule has 2 aromatic heterocycles. The summed E-state index contributed by atoms with van der Waals surface area (Å²) in [5.41, 5.74) is 0. The van der Waals surface area contributed by atoms with Crippen LogP contribution in [0.15, 0.2) is 30.7 Å². The van der Waals surface area contributed by atoms with Crippen molar-refractivity contribution in [2.45, 2.75) is 18.9 Å². The summed E-state index contributed by atoms with van der Waals surface area (Å²) in [4.78, 5) is 16.6. The third-order valence-electron chi connectivity index (χ3n) is 3.80. The Morgan fingerprint density at radius 2 is 2.17 bits per heavy atom. The molecule has 0 aromatic carbocycles. The van der Waals surface area contributed by atoms with E-state index in [1.165, 1.54) is 12.3 Å². The molecule has 1 aliphatic heterocycles. The van der Waals surface area contributed by atoms with E-state index in [1.54, 1.807) is 12.4 Å². The molecule has 2 aromatic rings. The van der Waals surface area contributed by atoms with Gasteiger partial charge in [-0.05, 0) is 25.0 Å². The number of hydrogen-bond acceptors (Lipinski definition) is 6. The summed E-state index contributed by atoms with van der Waals surface area (Å²) in [7, 11) is 3.89. The molecule has 0 aliphatic carbocycles. The summed E-state index contributed by atoms with van der Waals surface area (Å²) in [6, 6.07) is 4.86. The van der Waals surface area contributed by atoms with Gasteiger partial charge in [-0.15, -0.1) is 0 Å². The lowest BCUT2D eigenvalue weighted by molar-refractivity contribution is 0.164. The van der Waals surface area contributed by atoms with Crippen LogP contribution in [0, 0.1) is 5.82 Å². The zero-order valence-electron chi connectivity index (χ0n) is 13.3. The summed E-state index contributed by atoms with van der Waals surface area (Å²) in [5.74, 6) is 1.35. The average molecular weight is 317 g/mol. The molecule has 0 saturated carbocycles. The van der Waals surface area contributed by atoms with E-state index in [1.807, 2.05) is 25.1 Å². The Balaban J connectivity index is 1.71. The van der Waals surface area contributed by atoms with Crippen LogP contribution in [0.3, 0.4) is 0 Å². The molecular weight excluding hydrogens is 297 g/mol. The Labute approximate surface area is 134 Å². The summed E-state index contributed by atoms with van der Waals surface area (Å²) in [6.07, 6.45) is 4.82. The molecule has 0 spiro atoms.